The standard InChI is InChI=1S/C15H22OSi/c1-17(2,3)13-10-7-11-15(14(13)16-15)12-8-5-4-6-9-12/h4-6,8-9,13-14H,7,10-11H2,1-3H3/t13-,14-,15+/m1/s1. The molecule has 2 fully saturated rings. The number of fused-ring (bicyclic) bond motifs is 1. The third kappa shape index (κ3) is 1.78. The molecule has 0 N–H and O–H groups in total. The maximum Gasteiger partial charge on any atom is 0.120 e. The summed E-state index contributed by atoms with van der Waals surface area (Å²) < 4.78 is 6.23. The molecule has 0 bridgehead atoms. The Labute approximate surface area is 105 Å². The molecule has 92 valence electrons. The van der Waals surface area contributed by atoms with Crippen LogP contribution < -0.4 is 0 Å². The van der Waals surface area contributed by atoms with Gasteiger partial charge in [-0.1, -0.05) is 62.8 Å². The highest BCUT2D eigenvalue weighted by Gasteiger charge is 2.64. The average Bonchev–Trinajstić information content (AvgIpc) is 3.04. The number of benzene rings is 1. The number of ether oxygens (including phenoxy) is 1. The summed E-state index contributed by atoms with van der Waals surface area (Å²) in [7, 11) is -1.08. The van der Waals surface area contributed by atoms with Gasteiger partial charge in [-0.15, -0.1) is 0 Å². The van der Waals surface area contributed by atoms with Gasteiger partial charge in [-0.3, -0.25) is 0 Å². The normalized spacial score (nSPS) is 36.4. The molecular formula is C15H22OSi. The number of hydrogen-bond acceptors (Lipinski definition) is 1. The summed E-state index contributed by atoms with van der Waals surface area (Å²) in [6.45, 7) is 7.46. The van der Waals surface area contributed by atoms with E-state index in [9.17, 15) is 0 Å². The lowest BCUT2D eigenvalue weighted by molar-refractivity contribution is 0.289. The molecule has 2 aliphatic rings. The molecular weight excluding hydrogens is 224 g/mol. The molecule has 1 heterocycles. The maximum atomic E-state index is 6.23. The molecule has 1 nitrogen and oxygen atoms in total. The fourth-order valence-electron chi connectivity index (χ4n) is 3.52. The molecule has 0 spiro atoms. The van der Waals surface area contributed by atoms with E-state index in [0.29, 0.717) is 6.10 Å². The van der Waals surface area contributed by atoms with Gasteiger partial charge in [0.2, 0.25) is 0 Å². The highest BCUT2D eigenvalue weighted by atomic mass is 28.3. The van der Waals surface area contributed by atoms with Gasteiger partial charge in [0.25, 0.3) is 0 Å². The second kappa shape index (κ2) is 3.69. The van der Waals surface area contributed by atoms with Crippen molar-refractivity contribution in [2.45, 2.75) is 56.1 Å². The molecule has 0 amide bonds. The molecule has 2 heteroatoms. The molecule has 17 heavy (non-hydrogen) atoms. The van der Waals surface area contributed by atoms with Gasteiger partial charge in [-0.05, 0) is 17.5 Å². The summed E-state index contributed by atoms with van der Waals surface area (Å²) >= 11 is 0. The highest BCUT2D eigenvalue weighted by molar-refractivity contribution is 6.77. The Morgan fingerprint density at radius 1 is 1.18 bits per heavy atom. The molecule has 1 aromatic rings. The predicted octanol–water partition coefficient (Wildman–Crippen LogP) is 4.17. The quantitative estimate of drug-likeness (QED) is 0.563. The Bertz CT molecular complexity index is 409. The van der Waals surface area contributed by atoms with E-state index < -0.39 is 8.07 Å². The number of rotatable bonds is 2. The van der Waals surface area contributed by atoms with Crippen LogP contribution >= 0.6 is 0 Å². The van der Waals surface area contributed by atoms with Gasteiger partial charge in [0.05, 0.1) is 14.2 Å². The lowest BCUT2D eigenvalue weighted by Gasteiger charge is -2.32. The third-order valence-corrected chi connectivity index (χ3v) is 7.36. The van der Waals surface area contributed by atoms with Crippen molar-refractivity contribution in [1.82, 2.24) is 0 Å². The van der Waals surface area contributed by atoms with Crippen LogP contribution in [0.4, 0.5) is 0 Å². The first-order valence-corrected chi connectivity index (χ1v) is 10.4. The van der Waals surface area contributed by atoms with E-state index in [-0.39, 0.29) is 5.60 Å². The van der Waals surface area contributed by atoms with Crippen LogP contribution in [-0.2, 0) is 10.3 Å². The zero-order chi connectivity index (χ0) is 12.1. The van der Waals surface area contributed by atoms with Crippen LogP contribution in [0.5, 0.6) is 0 Å². The van der Waals surface area contributed by atoms with Crippen molar-refractivity contribution in [3.05, 3.63) is 35.9 Å². The molecule has 3 atom stereocenters. The summed E-state index contributed by atoms with van der Waals surface area (Å²) in [6.07, 6.45) is 4.46. The molecule has 0 unspecified atom stereocenters. The van der Waals surface area contributed by atoms with E-state index in [4.69, 9.17) is 4.74 Å². The lowest BCUT2D eigenvalue weighted by atomic mass is 9.83. The van der Waals surface area contributed by atoms with Crippen LogP contribution in [0.15, 0.2) is 30.3 Å². The number of epoxide rings is 1. The van der Waals surface area contributed by atoms with E-state index in [0.717, 1.165) is 5.54 Å². The molecule has 1 aromatic carbocycles. The van der Waals surface area contributed by atoms with Crippen LogP contribution in [0.2, 0.25) is 25.2 Å². The van der Waals surface area contributed by atoms with Gasteiger partial charge >= 0.3 is 0 Å². The van der Waals surface area contributed by atoms with E-state index in [1.807, 2.05) is 0 Å². The Kier molecular flexibility index (Phi) is 2.49. The lowest BCUT2D eigenvalue weighted by Crippen LogP contribution is -2.36. The summed E-state index contributed by atoms with van der Waals surface area (Å²) in [6, 6.07) is 10.9. The molecule has 1 aliphatic carbocycles. The minimum absolute atomic E-state index is 0.102. The minimum atomic E-state index is -1.08. The first kappa shape index (κ1) is 11.5. The van der Waals surface area contributed by atoms with Crippen molar-refractivity contribution in [3.8, 4) is 0 Å². The Balaban J connectivity index is 1.89. The SMILES string of the molecule is C[Si](C)(C)[C@@H]1CCC[C@@]2(c3ccccc3)O[C@H]12. The first-order valence-electron chi connectivity index (χ1n) is 6.77. The Hall–Kier alpha value is -0.603. The van der Waals surface area contributed by atoms with Crippen molar-refractivity contribution in [1.29, 1.82) is 0 Å². The van der Waals surface area contributed by atoms with Gasteiger partial charge in [0, 0.05) is 0 Å². The molecule has 0 radical (unpaired) electrons. The summed E-state index contributed by atoms with van der Waals surface area (Å²) in [5.41, 5.74) is 2.36. The smallest absolute Gasteiger partial charge is 0.120 e. The van der Waals surface area contributed by atoms with E-state index in [1.54, 1.807) is 0 Å². The zero-order valence-corrected chi connectivity index (χ0v) is 12.1. The van der Waals surface area contributed by atoms with Crippen molar-refractivity contribution in [2.75, 3.05) is 0 Å². The maximum absolute atomic E-state index is 6.23. The van der Waals surface area contributed by atoms with Gasteiger partial charge in [0.1, 0.15) is 5.60 Å². The van der Waals surface area contributed by atoms with Crippen molar-refractivity contribution < 1.29 is 4.74 Å². The van der Waals surface area contributed by atoms with Gasteiger partial charge in [-0.25, -0.2) is 0 Å². The van der Waals surface area contributed by atoms with Crippen LogP contribution in [-0.4, -0.2) is 14.2 Å². The van der Waals surface area contributed by atoms with Crippen molar-refractivity contribution >= 4 is 8.07 Å². The second-order valence-electron chi connectivity index (χ2n) is 6.66. The van der Waals surface area contributed by atoms with Gasteiger partial charge in [0.15, 0.2) is 0 Å². The Morgan fingerprint density at radius 2 is 1.88 bits per heavy atom. The molecule has 1 saturated heterocycles. The van der Waals surface area contributed by atoms with Crippen LogP contribution in [0.1, 0.15) is 24.8 Å². The van der Waals surface area contributed by atoms with Crippen LogP contribution in [0.3, 0.4) is 0 Å². The van der Waals surface area contributed by atoms with Crippen LogP contribution in [0, 0.1) is 0 Å². The summed E-state index contributed by atoms with van der Waals surface area (Å²) in [5, 5.41) is 0. The fourth-order valence-corrected chi connectivity index (χ4v) is 5.84. The average molecular weight is 246 g/mol. The Morgan fingerprint density at radius 3 is 2.53 bits per heavy atom. The molecule has 1 aliphatic heterocycles. The molecule has 3 rings (SSSR count). The predicted molar refractivity (Wildman–Crippen MR) is 73.9 cm³/mol. The third-order valence-electron chi connectivity index (χ3n) is 4.54. The van der Waals surface area contributed by atoms with E-state index in [1.165, 1.54) is 24.8 Å². The monoisotopic (exact) mass is 246 g/mol. The minimum Gasteiger partial charge on any atom is -0.361 e. The van der Waals surface area contributed by atoms with Gasteiger partial charge < -0.3 is 4.74 Å². The first-order chi connectivity index (χ1) is 8.04. The highest BCUT2D eigenvalue weighted by Crippen LogP contribution is 2.61. The molecule has 0 aromatic heterocycles. The molecule has 1 saturated carbocycles. The fraction of sp³-hybridized carbons (Fsp3) is 0.600. The zero-order valence-electron chi connectivity index (χ0n) is 11.1. The van der Waals surface area contributed by atoms with Crippen LogP contribution in [0.25, 0.3) is 0 Å². The summed E-state index contributed by atoms with van der Waals surface area (Å²) in [5.74, 6) is 0. The topological polar surface area (TPSA) is 12.5 Å². The van der Waals surface area contributed by atoms with Crippen molar-refractivity contribution in [3.63, 3.8) is 0 Å². The van der Waals surface area contributed by atoms with Gasteiger partial charge in [-0.2, -0.15) is 0 Å². The largest absolute Gasteiger partial charge is 0.361 e. The van der Waals surface area contributed by atoms with Crippen molar-refractivity contribution in [2.24, 2.45) is 0 Å². The summed E-state index contributed by atoms with van der Waals surface area (Å²) in [4.78, 5) is 0. The second-order valence-corrected chi connectivity index (χ2v) is 12.1. The number of hydrogen-bond donors (Lipinski definition) is 0. The van der Waals surface area contributed by atoms with E-state index in [2.05, 4.69) is 50.0 Å². The van der Waals surface area contributed by atoms with E-state index >= 15 is 0 Å².